The third-order valence-electron chi connectivity index (χ3n) is 8.18. The Morgan fingerprint density at radius 2 is 1.93 bits per heavy atom. The van der Waals surface area contributed by atoms with Crippen molar-refractivity contribution < 1.29 is 32.2 Å². The number of pyridine rings is 1. The van der Waals surface area contributed by atoms with E-state index in [1.165, 1.54) is 29.9 Å². The summed E-state index contributed by atoms with van der Waals surface area (Å²) in [6, 6.07) is 13.7. The van der Waals surface area contributed by atoms with Gasteiger partial charge in [0, 0.05) is 5.56 Å². The molecular weight excluding hydrogens is 593 g/mol. The van der Waals surface area contributed by atoms with E-state index in [1.807, 2.05) is 24.4 Å². The van der Waals surface area contributed by atoms with Gasteiger partial charge in [-0.25, -0.2) is 14.5 Å². The van der Waals surface area contributed by atoms with E-state index in [0.29, 0.717) is 22.3 Å². The summed E-state index contributed by atoms with van der Waals surface area (Å²) < 4.78 is 59.1. The minimum atomic E-state index is -4.85. The molecule has 0 aliphatic carbocycles. The summed E-state index contributed by atoms with van der Waals surface area (Å²) in [4.78, 5) is 20.0. The Kier molecular flexibility index (Phi) is 8.75. The van der Waals surface area contributed by atoms with Crippen molar-refractivity contribution in [3.05, 3.63) is 82.0 Å². The fourth-order valence-corrected chi connectivity index (χ4v) is 6.65. The summed E-state index contributed by atoms with van der Waals surface area (Å²) in [5.41, 5.74) is 1.84. The lowest BCUT2D eigenvalue weighted by molar-refractivity contribution is -0.143. The molecule has 0 saturated carbocycles. The first-order valence-corrected chi connectivity index (χ1v) is 15.5. The molecule has 3 aromatic heterocycles. The zero-order valence-corrected chi connectivity index (χ0v) is 25.3. The summed E-state index contributed by atoms with van der Waals surface area (Å²) in [7, 11) is 0. The van der Waals surface area contributed by atoms with Crippen LogP contribution in [0.25, 0.3) is 16.4 Å². The molecule has 0 bridgehead atoms. The molecule has 12 heteroatoms. The second kappa shape index (κ2) is 12.7. The number of likely N-dealkylation sites (tertiary alicyclic amines) is 1. The molecule has 1 aromatic carbocycles. The molecule has 0 amide bonds. The van der Waals surface area contributed by atoms with Crippen molar-refractivity contribution >= 4 is 17.3 Å². The maximum atomic E-state index is 14.0. The van der Waals surface area contributed by atoms with Crippen molar-refractivity contribution in [1.82, 2.24) is 19.7 Å². The number of benzene rings is 1. The monoisotopic (exact) mass is 626 g/mol. The van der Waals surface area contributed by atoms with Crippen LogP contribution in [0.3, 0.4) is 0 Å². The number of hydrogen-bond acceptors (Lipinski definition) is 8. The van der Waals surface area contributed by atoms with Crippen LogP contribution in [-0.4, -0.2) is 64.6 Å². The van der Waals surface area contributed by atoms with Crippen LogP contribution >= 0.6 is 11.3 Å². The summed E-state index contributed by atoms with van der Waals surface area (Å²) in [5, 5.41) is 5.75. The second-order valence-electron chi connectivity index (χ2n) is 11.0. The van der Waals surface area contributed by atoms with Gasteiger partial charge >= 0.3 is 12.1 Å². The highest BCUT2D eigenvalue weighted by Gasteiger charge is 2.41. The number of carbonyl (C=O) groups is 1. The molecule has 232 valence electrons. The first-order valence-electron chi connectivity index (χ1n) is 14.6. The molecule has 6 rings (SSSR count). The van der Waals surface area contributed by atoms with E-state index in [9.17, 15) is 18.0 Å². The number of hydrogen-bond donors (Lipinski definition) is 0. The number of halogens is 3. The fraction of sp³-hybridized carbons (Fsp3) is 0.406. The van der Waals surface area contributed by atoms with Crippen molar-refractivity contribution in [3.8, 4) is 22.1 Å². The zero-order chi connectivity index (χ0) is 30.8. The van der Waals surface area contributed by atoms with Crippen LogP contribution in [0.4, 0.5) is 13.2 Å². The van der Waals surface area contributed by atoms with Gasteiger partial charge in [-0.05, 0) is 86.5 Å². The van der Waals surface area contributed by atoms with Crippen molar-refractivity contribution in [2.75, 3.05) is 32.9 Å². The normalized spacial score (nSPS) is 16.6. The average molecular weight is 627 g/mol. The SMILES string of the molecule is CCOC(=O)c1cnn(-c2cccc(-c3sccc3COc3ccc(C4CCN(C5COC5)CC4)cc3C)n2)c1C(F)(F)F. The number of piperidine rings is 1. The topological polar surface area (TPSA) is 78.7 Å². The van der Waals surface area contributed by atoms with E-state index in [0.717, 1.165) is 67.1 Å². The molecule has 44 heavy (non-hydrogen) atoms. The molecule has 5 heterocycles. The predicted octanol–water partition coefficient (Wildman–Crippen LogP) is 6.66. The quantitative estimate of drug-likeness (QED) is 0.192. The lowest BCUT2D eigenvalue weighted by atomic mass is 9.88. The van der Waals surface area contributed by atoms with Crippen LogP contribution in [0.2, 0.25) is 0 Å². The summed E-state index contributed by atoms with van der Waals surface area (Å²) in [6.45, 7) is 7.68. The molecule has 4 aromatic rings. The summed E-state index contributed by atoms with van der Waals surface area (Å²) in [6.07, 6.45) is -1.73. The number of thiophene rings is 1. The van der Waals surface area contributed by atoms with Crippen molar-refractivity contribution in [1.29, 1.82) is 0 Å². The maximum absolute atomic E-state index is 14.0. The largest absolute Gasteiger partial charge is 0.489 e. The van der Waals surface area contributed by atoms with E-state index in [-0.39, 0.29) is 19.0 Å². The highest BCUT2D eigenvalue weighted by atomic mass is 32.1. The first-order chi connectivity index (χ1) is 21.2. The Morgan fingerprint density at radius 1 is 1.14 bits per heavy atom. The van der Waals surface area contributed by atoms with E-state index in [1.54, 1.807) is 12.1 Å². The van der Waals surface area contributed by atoms with Crippen LogP contribution in [0.5, 0.6) is 5.75 Å². The van der Waals surface area contributed by atoms with Crippen molar-refractivity contribution in [2.45, 2.75) is 51.4 Å². The minimum absolute atomic E-state index is 0.0574. The van der Waals surface area contributed by atoms with Gasteiger partial charge in [-0.3, -0.25) is 4.90 Å². The fourth-order valence-electron chi connectivity index (χ4n) is 5.77. The zero-order valence-electron chi connectivity index (χ0n) is 24.5. The van der Waals surface area contributed by atoms with Crippen LogP contribution < -0.4 is 4.74 Å². The molecular formula is C32H33F3N4O4S. The standard InChI is InChI=1S/C32H33F3N4O4S/c1-3-42-31(40)25-16-36-39(30(25)32(33,34)35)28-6-4-5-26(37-28)29-23(11-14-44-29)17-43-27-8-7-22(15-20(27)2)21-9-12-38(13-10-21)24-18-41-19-24/h4-8,11,14-16,21,24H,3,9-10,12-13,17-19H2,1-2H3. The number of esters is 1. The molecule has 0 atom stereocenters. The van der Waals surface area contributed by atoms with Gasteiger partial charge in [-0.2, -0.15) is 18.3 Å². The number of carbonyl (C=O) groups excluding carboxylic acids is 1. The smallest absolute Gasteiger partial charge is 0.434 e. The van der Waals surface area contributed by atoms with Gasteiger partial charge in [0.15, 0.2) is 11.5 Å². The Labute approximate surface area is 257 Å². The molecule has 2 aliphatic rings. The van der Waals surface area contributed by atoms with Crippen LogP contribution in [0.15, 0.2) is 54.0 Å². The predicted molar refractivity (Wildman–Crippen MR) is 159 cm³/mol. The number of rotatable bonds is 9. The molecule has 0 unspecified atom stereocenters. The van der Waals surface area contributed by atoms with E-state index in [4.69, 9.17) is 14.2 Å². The number of nitrogens with zero attached hydrogens (tertiary/aromatic N) is 4. The lowest BCUT2D eigenvalue weighted by Crippen LogP contribution is -2.51. The minimum Gasteiger partial charge on any atom is -0.489 e. The summed E-state index contributed by atoms with van der Waals surface area (Å²) in [5.74, 6) is 0.161. The number of alkyl halides is 3. The first kappa shape index (κ1) is 30.3. The molecule has 2 saturated heterocycles. The Bertz CT molecular complexity index is 1620. The molecule has 8 nitrogen and oxygen atoms in total. The highest BCUT2D eigenvalue weighted by Crippen LogP contribution is 2.36. The van der Waals surface area contributed by atoms with Gasteiger partial charge in [-0.15, -0.1) is 11.3 Å². The highest BCUT2D eigenvalue weighted by molar-refractivity contribution is 7.13. The Hall–Kier alpha value is -3.74. The van der Waals surface area contributed by atoms with Gasteiger partial charge in [0.25, 0.3) is 0 Å². The molecule has 0 N–H and O–H groups in total. The van der Waals surface area contributed by atoms with E-state index in [2.05, 4.69) is 27.1 Å². The lowest BCUT2D eigenvalue weighted by Gasteiger charge is -2.41. The average Bonchev–Trinajstić information content (AvgIpc) is 3.64. The number of aryl methyl sites for hydroxylation is 1. The van der Waals surface area contributed by atoms with Gasteiger partial charge in [-0.1, -0.05) is 18.2 Å². The van der Waals surface area contributed by atoms with Crippen LogP contribution in [0, 0.1) is 6.92 Å². The molecule has 2 aliphatic heterocycles. The van der Waals surface area contributed by atoms with E-state index >= 15 is 0 Å². The Morgan fingerprint density at radius 3 is 2.61 bits per heavy atom. The van der Waals surface area contributed by atoms with Crippen LogP contribution in [-0.2, 0) is 22.3 Å². The van der Waals surface area contributed by atoms with Gasteiger partial charge in [0.05, 0.1) is 42.6 Å². The van der Waals surface area contributed by atoms with Crippen molar-refractivity contribution in [2.24, 2.45) is 0 Å². The molecule has 2 fully saturated rings. The van der Waals surface area contributed by atoms with Crippen molar-refractivity contribution in [3.63, 3.8) is 0 Å². The van der Waals surface area contributed by atoms with Crippen LogP contribution in [0.1, 0.15) is 58.4 Å². The molecule has 0 radical (unpaired) electrons. The second-order valence-corrected chi connectivity index (χ2v) is 11.9. The number of ether oxygens (including phenoxy) is 3. The molecule has 0 spiro atoms. The van der Waals surface area contributed by atoms with E-state index < -0.39 is 23.4 Å². The Balaban J connectivity index is 1.16. The third-order valence-corrected chi connectivity index (χ3v) is 9.16. The van der Waals surface area contributed by atoms with Gasteiger partial charge < -0.3 is 14.2 Å². The third kappa shape index (κ3) is 6.24. The number of aromatic nitrogens is 3. The maximum Gasteiger partial charge on any atom is 0.434 e. The van der Waals surface area contributed by atoms with Gasteiger partial charge in [0.1, 0.15) is 17.9 Å². The van der Waals surface area contributed by atoms with Gasteiger partial charge in [0.2, 0.25) is 0 Å². The summed E-state index contributed by atoms with van der Waals surface area (Å²) >= 11 is 1.42.